The second kappa shape index (κ2) is 5.63. The summed E-state index contributed by atoms with van der Waals surface area (Å²) in [6.07, 6.45) is 4.04. The summed E-state index contributed by atoms with van der Waals surface area (Å²) in [5.74, 6) is 0.230. The Kier molecular flexibility index (Phi) is 3.69. The molecule has 5 heteroatoms. The second-order valence-electron chi connectivity index (χ2n) is 5.39. The molecule has 0 bridgehead atoms. The minimum Gasteiger partial charge on any atom is -0.350 e. The number of hydrogen-bond donors (Lipinski definition) is 2. The SMILES string of the molecule is Cc1cccc2nc(CNC(=O)C3CCCNC3)cn12. The maximum atomic E-state index is 12.1. The van der Waals surface area contributed by atoms with Crippen LogP contribution in [0.5, 0.6) is 0 Å². The Bertz CT molecular complexity index is 613. The lowest BCUT2D eigenvalue weighted by Gasteiger charge is -2.21. The number of piperidine rings is 1. The average molecular weight is 272 g/mol. The summed E-state index contributed by atoms with van der Waals surface area (Å²) in [5.41, 5.74) is 2.97. The van der Waals surface area contributed by atoms with Crippen molar-refractivity contribution in [3.05, 3.63) is 35.8 Å². The van der Waals surface area contributed by atoms with E-state index in [2.05, 4.69) is 15.6 Å². The fourth-order valence-corrected chi connectivity index (χ4v) is 2.68. The number of amides is 1. The molecule has 1 aliphatic rings. The number of nitrogens with one attached hydrogen (secondary N) is 2. The van der Waals surface area contributed by atoms with Crippen molar-refractivity contribution in [2.75, 3.05) is 13.1 Å². The highest BCUT2D eigenvalue weighted by Gasteiger charge is 2.20. The van der Waals surface area contributed by atoms with Gasteiger partial charge in [0.15, 0.2) is 0 Å². The van der Waals surface area contributed by atoms with E-state index in [4.69, 9.17) is 0 Å². The van der Waals surface area contributed by atoms with E-state index >= 15 is 0 Å². The quantitative estimate of drug-likeness (QED) is 0.884. The van der Waals surface area contributed by atoms with Crippen molar-refractivity contribution in [1.82, 2.24) is 20.0 Å². The molecule has 20 heavy (non-hydrogen) atoms. The van der Waals surface area contributed by atoms with E-state index in [-0.39, 0.29) is 11.8 Å². The van der Waals surface area contributed by atoms with Crippen LogP contribution in [-0.2, 0) is 11.3 Å². The van der Waals surface area contributed by atoms with Crippen LogP contribution >= 0.6 is 0 Å². The summed E-state index contributed by atoms with van der Waals surface area (Å²) in [5, 5.41) is 6.26. The molecule has 1 unspecified atom stereocenters. The van der Waals surface area contributed by atoms with E-state index < -0.39 is 0 Å². The number of fused-ring (bicyclic) bond motifs is 1. The van der Waals surface area contributed by atoms with E-state index in [1.807, 2.05) is 35.7 Å². The number of aromatic nitrogens is 2. The van der Waals surface area contributed by atoms with E-state index in [9.17, 15) is 4.79 Å². The van der Waals surface area contributed by atoms with Crippen molar-refractivity contribution in [2.45, 2.75) is 26.3 Å². The van der Waals surface area contributed by atoms with Crippen molar-refractivity contribution in [3.63, 3.8) is 0 Å². The van der Waals surface area contributed by atoms with Crippen LogP contribution in [0.2, 0.25) is 0 Å². The number of aryl methyl sites for hydroxylation is 1. The maximum Gasteiger partial charge on any atom is 0.224 e. The summed E-state index contributed by atoms with van der Waals surface area (Å²) < 4.78 is 2.05. The molecular weight excluding hydrogens is 252 g/mol. The van der Waals surface area contributed by atoms with Gasteiger partial charge in [-0.05, 0) is 38.4 Å². The van der Waals surface area contributed by atoms with Gasteiger partial charge in [-0.3, -0.25) is 4.79 Å². The zero-order valence-electron chi connectivity index (χ0n) is 11.7. The Morgan fingerprint density at radius 3 is 3.20 bits per heavy atom. The normalized spacial score (nSPS) is 19.1. The maximum absolute atomic E-state index is 12.1. The van der Waals surface area contributed by atoms with Crippen LogP contribution in [0.15, 0.2) is 24.4 Å². The molecule has 3 rings (SSSR count). The Morgan fingerprint density at radius 2 is 2.45 bits per heavy atom. The fourth-order valence-electron chi connectivity index (χ4n) is 2.68. The summed E-state index contributed by atoms with van der Waals surface area (Å²) in [7, 11) is 0. The number of carbonyl (C=O) groups is 1. The van der Waals surface area contributed by atoms with Gasteiger partial charge in [-0.15, -0.1) is 0 Å². The number of pyridine rings is 1. The Labute approximate surface area is 118 Å². The van der Waals surface area contributed by atoms with Gasteiger partial charge in [0.25, 0.3) is 0 Å². The molecule has 0 aliphatic carbocycles. The number of hydrogen-bond acceptors (Lipinski definition) is 3. The topological polar surface area (TPSA) is 58.4 Å². The summed E-state index contributed by atoms with van der Waals surface area (Å²) in [4.78, 5) is 16.6. The lowest BCUT2D eigenvalue weighted by atomic mass is 9.99. The van der Waals surface area contributed by atoms with Crippen molar-refractivity contribution in [2.24, 2.45) is 5.92 Å². The highest BCUT2D eigenvalue weighted by Crippen LogP contribution is 2.11. The predicted molar refractivity (Wildman–Crippen MR) is 77.4 cm³/mol. The molecular formula is C15H20N4O. The van der Waals surface area contributed by atoms with Crippen LogP contribution in [-0.4, -0.2) is 28.4 Å². The van der Waals surface area contributed by atoms with Gasteiger partial charge in [0.1, 0.15) is 5.65 Å². The van der Waals surface area contributed by atoms with Gasteiger partial charge in [0, 0.05) is 18.4 Å². The minimum atomic E-state index is 0.0996. The zero-order valence-corrected chi connectivity index (χ0v) is 11.7. The number of imidazole rings is 1. The van der Waals surface area contributed by atoms with E-state index in [0.717, 1.165) is 43.0 Å². The van der Waals surface area contributed by atoms with Gasteiger partial charge < -0.3 is 15.0 Å². The molecule has 1 saturated heterocycles. The molecule has 1 amide bonds. The third-order valence-corrected chi connectivity index (χ3v) is 3.86. The first kappa shape index (κ1) is 13.1. The first-order valence-electron chi connectivity index (χ1n) is 7.16. The molecule has 3 heterocycles. The monoisotopic (exact) mass is 272 g/mol. The molecule has 2 aromatic rings. The molecule has 2 N–H and O–H groups in total. The van der Waals surface area contributed by atoms with Crippen LogP contribution < -0.4 is 10.6 Å². The van der Waals surface area contributed by atoms with E-state index in [0.29, 0.717) is 6.54 Å². The van der Waals surface area contributed by atoms with Crippen LogP contribution in [0.4, 0.5) is 0 Å². The van der Waals surface area contributed by atoms with Crippen LogP contribution in [0.3, 0.4) is 0 Å². The Morgan fingerprint density at radius 1 is 1.55 bits per heavy atom. The van der Waals surface area contributed by atoms with Gasteiger partial charge in [-0.2, -0.15) is 0 Å². The number of carbonyl (C=O) groups excluding carboxylic acids is 1. The fraction of sp³-hybridized carbons (Fsp3) is 0.467. The lowest BCUT2D eigenvalue weighted by molar-refractivity contribution is -0.125. The lowest BCUT2D eigenvalue weighted by Crippen LogP contribution is -2.40. The summed E-state index contributed by atoms with van der Waals surface area (Å²) in [6, 6.07) is 6.02. The van der Waals surface area contributed by atoms with Gasteiger partial charge in [-0.25, -0.2) is 4.98 Å². The third kappa shape index (κ3) is 2.67. The molecule has 0 saturated carbocycles. The van der Waals surface area contributed by atoms with Gasteiger partial charge in [-0.1, -0.05) is 6.07 Å². The van der Waals surface area contributed by atoms with Gasteiger partial charge >= 0.3 is 0 Å². The van der Waals surface area contributed by atoms with Gasteiger partial charge in [0.05, 0.1) is 18.2 Å². The van der Waals surface area contributed by atoms with Crippen molar-refractivity contribution in [1.29, 1.82) is 0 Å². The molecule has 0 aromatic carbocycles. The van der Waals surface area contributed by atoms with Crippen LogP contribution in [0, 0.1) is 12.8 Å². The smallest absolute Gasteiger partial charge is 0.224 e. The highest BCUT2D eigenvalue weighted by atomic mass is 16.1. The second-order valence-corrected chi connectivity index (χ2v) is 5.39. The molecule has 0 radical (unpaired) electrons. The summed E-state index contributed by atoms with van der Waals surface area (Å²) >= 11 is 0. The third-order valence-electron chi connectivity index (χ3n) is 3.86. The Balaban J connectivity index is 1.64. The standard InChI is InChI=1S/C15H20N4O/c1-11-4-2-6-14-18-13(10-19(11)14)9-17-15(20)12-5-3-7-16-8-12/h2,4,6,10,12,16H,3,5,7-9H2,1H3,(H,17,20). The van der Waals surface area contributed by atoms with Crippen molar-refractivity contribution in [3.8, 4) is 0 Å². The average Bonchev–Trinajstić information content (AvgIpc) is 2.90. The largest absolute Gasteiger partial charge is 0.350 e. The first-order valence-corrected chi connectivity index (χ1v) is 7.16. The Hall–Kier alpha value is -1.88. The number of rotatable bonds is 3. The highest BCUT2D eigenvalue weighted by molar-refractivity contribution is 5.78. The predicted octanol–water partition coefficient (Wildman–Crippen LogP) is 1.26. The summed E-state index contributed by atoms with van der Waals surface area (Å²) in [6.45, 7) is 4.35. The molecule has 1 aliphatic heterocycles. The zero-order chi connectivity index (χ0) is 13.9. The number of nitrogens with zero attached hydrogens (tertiary/aromatic N) is 2. The van der Waals surface area contributed by atoms with Crippen LogP contribution in [0.25, 0.3) is 5.65 Å². The van der Waals surface area contributed by atoms with Crippen molar-refractivity contribution < 1.29 is 4.79 Å². The van der Waals surface area contributed by atoms with Gasteiger partial charge in [0.2, 0.25) is 5.91 Å². The molecule has 2 aromatic heterocycles. The molecule has 1 atom stereocenters. The van der Waals surface area contributed by atoms with E-state index in [1.165, 1.54) is 0 Å². The first-order chi connectivity index (χ1) is 9.74. The van der Waals surface area contributed by atoms with Crippen LogP contribution in [0.1, 0.15) is 24.2 Å². The molecule has 1 fully saturated rings. The molecule has 106 valence electrons. The van der Waals surface area contributed by atoms with E-state index in [1.54, 1.807) is 0 Å². The molecule has 5 nitrogen and oxygen atoms in total. The molecule has 0 spiro atoms. The minimum absolute atomic E-state index is 0.0996. The van der Waals surface area contributed by atoms with Crippen molar-refractivity contribution >= 4 is 11.6 Å².